The van der Waals surface area contributed by atoms with Gasteiger partial charge in [-0.05, 0) is 67.7 Å². The lowest BCUT2D eigenvalue weighted by Gasteiger charge is -2.12. The van der Waals surface area contributed by atoms with Gasteiger partial charge in [0.25, 0.3) is 11.8 Å². The Hall–Kier alpha value is -3.50. The Morgan fingerprint density at radius 3 is 2.09 bits per heavy atom. The third-order valence-electron chi connectivity index (χ3n) is 4.09. The number of ether oxygens (including phenoxy) is 2. The van der Waals surface area contributed by atoms with Crippen LogP contribution in [0.4, 0.5) is 5.69 Å². The van der Waals surface area contributed by atoms with Crippen LogP contribution in [0.2, 0.25) is 0 Å². The molecule has 2 aromatic carbocycles. The molecule has 0 spiro atoms. The smallest absolute Gasteiger partial charge is 0.269 e. The van der Waals surface area contributed by atoms with E-state index in [0.29, 0.717) is 48.8 Å². The molecule has 9 nitrogen and oxygen atoms in total. The van der Waals surface area contributed by atoms with E-state index in [4.69, 9.17) is 21.7 Å². The Kier molecular flexibility index (Phi) is 10.1. The molecule has 0 fully saturated rings. The third-order valence-corrected chi connectivity index (χ3v) is 4.29. The number of anilines is 1. The summed E-state index contributed by atoms with van der Waals surface area (Å²) in [6, 6.07) is 12.9. The number of hydrogen-bond donors (Lipinski definition) is 4. The van der Waals surface area contributed by atoms with Crippen molar-refractivity contribution in [2.45, 2.75) is 20.3 Å². The minimum atomic E-state index is -0.455. The van der Waals surface area contributed by atoms with E-state index < -0.39 is 11.8 Å². The number of carbonyl (C=O) groups is 3. The molecule has 10 heteroatoms. The summed E-state index contributed by atoms with van der Waals surface area (Å²) < 4.78 is 10.7. The zero-order chi connectivity index (χ0) is 23.3. The minimum Gasteiger partial charge on any atom is -0.491 e. The molecule has 0 aromatic heterocycles. The second-order valence-corrected chi connectivity index (χ2v) is 6.82. The van der Waals surface area contributed by atoms with E-state index in [-0.39, 0.29) is 11.0 Å². The Balaban J connectivity index is 1.77. The average Bonchev–Trinajstić information content (AvgIpc) is 2.81. The van der Waals surface area contributed by atoms with Crippen LogP contribution < -0.4 is 26.2 Å². The van der Waals surface area contributed by atoms with Gasteiger partial charge in [0, 0.05) is 29.8 Å². The van der Waals surface area contributed by atoms with Crippen molar-refractivity contribution >= 4 is 40.7 Å². The van der Waals surface area contributed by atoms with E-state index in [1.54, 1.807) is 55.5 Å². The van der Waals surface area contributed by atoms with Crippen LogP contribution in [0.5, 0.6) is 5.75 Å². The first-order valence-corrected chi connectivity index (χ1v) is 10.5. The monoisotopic (exact) mass is 458 g/mol. The number of rotatable bonds is 9. The van der Waals surface area contributed by atoms with Crippen molar-refractivity contribution in [2.24, 2.45) is 0 Å². The Morgan fingerprint density at radius 1 is 0.844 bits per heavy atom. The number of benzene rings is 2. The molecular formula is C22H26N4O5S. The number of hydrazine groups is 1. The zero-order valence-electron chi connectivity index (χ0n) is 17.9. The van der Waals surface area contributed by atoms with Crippen molar-refractivity contribution in [3.8, 4) is 5.75 Å². The van der Waals surface area contributed by atoms with Gasteiger partial charge in [-0.3, -0.25) is 30.6 Å². The van der Waals surface area contributed by atoms with Gasteiger partial charge in [-0.15, -0.1) is 0 Å². The molecule has 0 radical (unpaired) electrons. The maximum Gasteiger partial charge on any atom is 0.269 e. The molecule has 2 aromatic rings. The van der Waals surface area contributed by atoms with Gasteiger partial charge in [0.2, 0.25) is 5.91 Å². The van der Waals surface area contributed by atoms with E-state index in [1.807, 2.05) is 6.92 Å². The molecule has 3 amide bonds. The molecule has 0 aliphatic carbocycles. The predicted molar refractivity (Wildman–Crippen MR) is 124 cm³/mol. The molecule has 32 heavy (non-hydrogen) atoms. The maximum atomic E-state index is 12.3. The van der Waals surface area contributed by atoms with E-state index >= 15 is 0 Å². The molecule has 0 saturated heterocycles. The lowest BCUT2D eigenvalue weighted by atomic mass is 10.2. The van der Waals surface area contributed by atoms with Crippen molar-refractivity contribution < 1.29 is 23.9 Å². The Bertz CT molecular complexity index is 932. The van der Waals surface area contributed by atoms with Gasteiger partial charge in [0.15, 0.2) is 5.11 Å². The third kappa shape index (κ3) is 8.32. The number of amides is 3. The highest BCUT2D eigenvalue weighted by molar-refractivity contribution is 7.80. The van der Waals surface area contributed by atoms with Crippen LogP contribution in [0.1, 0.15) is 41.0 Å². The van der Waals surface area contributed by atoms with E-state index in [1.165, 1.54) is 0 Å². The molecular weight excluding hydrogens is 432 g/mol. The van der Waals surface area contributed by atoms with Gasteiger partial charge in [0.05, 0.1) is 6.61 Å². The van der Waals surface area contributed by atoms with Crippen LogP contribution in [-0.2, 0) is 9.53 Å². The van der Waals surface area contributed by atoms with Gasteiger partial charge in [0.1, 0.15) is 12.4 Å². The van der Waals surface area contributed by atoms with Gasteiger partial charge in [-0.1, -0.05) is 6.92 Å². The fraction of sp³-hybridized carbons (Fsp3) is 0.273. The van der Waals surface area contributed by atoms with Crippen LogP contribution in [0.3, 0.4) is 0 Å². The number of nitrogens with one attached hydrogen (secondary N) is 4. The predicted octanol–water partition coefficient (Wildman–Crippen LogP) is 2.40. The highest BCUT2D eigenvalue weighted by Gasteiger charge is 2.10. The molecule has 0 atom stereocenters. The number of hydrogen-bond acceptors (Lipinski definition) is 6. The highest BCUT2D eigenvalue weighted by Crippen LogP contribution is 2.12. The SMILES string of the molecule is CCOCCOc1ccc(C(=O)NC(=S)NNC(=O)c2ccc(NC(=O)CC)cc2)cc1. The van der Waals surface area contributed by atoms with Crippen LogP contribution in [0, 0.1) is 0 Å². The van der Waals surface area contributed by atoms with Crippen molar-refractivity contribution in [3.05, 3.63) is 59.7 Å². The summed E-state index contributed by atoms with van der Waals surface area (Å²) in [5, 5.41) is 5.11. The van der Waals surface area contributed by atoms with Crippen LogP contribution >= 0.6 is 12.2 Å². The fourth-order valence-corrected chi connectivity index (χ4v) is 2.56. The summed E-state index contributed by atoms with van der Waals surface area (Å²) in [7, 11) is 0. The molecule has 2 rings (SSSR count). The first-order valence-electron chi connectivity index (χ1n) is 10.0. The quantitative estimate of drug-likeness (QED) is 0.259. The number of thiocarbonyl (C=S) groups is 1. The van der Waals surface area contributed by atoms with Crippen molar-refractivity contribution in [1.82, 2.24) is 16.2 Å². The van der Waals surface area contributed by atoms with Gasteiger partial charge < -0.3 is 14.8 Å². The largest absolute Gasteiger partial charge is 0.491 e. The summed E-state index contributed by atoms with van der Waals surface area (Å²) in [6.07, 6.45) is 0.363. The Labute approximate surface area is 191 Å². The standard InChI is InChI=1S/C22H26N4O5S/c1-3-19(27)23-17-9-5-16(6-10-17)21(29)25-26-22(32)24-20(28)15-7-11-18(12-8-15)31-14-13-30-4-2/h5-12H,3-4,13-14H2,1-2H3,(H,23,27)(H,25,29)(H2,24,26,28,32). The second-order valence-electron chi connectivity index (χ2n) is 6.41. The summed E-state index contributed by atoms with van der Waals surface area (Å²) in [4.78, 5) is 35.9. The number of carbonyl (C=O) groups excluding carboxylic acids is 3. The van der Waals surface area contributed by atoms with Crippen LogP contribution in [0.15, 0.2) is 48.5 Å². The molecule has 0 saturated carbocycles. The highest BCUT2D eigenvalue weighted by atomic mass is 32.1. The zero-order valence-corrected chi connectivity index (χ0v) is 18.7. The molecule has 170 valence electrons. The summed E-state index contributed by atoms with van der Waals surface area (Å²) in [5.74, 6) is -0.389. The average molecular weight is 459 g/mol. The van der Waals surface area contributed by atoms with E-state index in [9.17, 15) is 14.4 Å². The molecule has 0 bridgehead atoms. The van der Waals surface area contributed by atoms with Crippen LogP contribution in [0.25, 0.3) is 0 Å². The topological polar surface area (TPSA) is 118 Å². The molecule has 4 N–H and O–H groups in total. The fourth-order valence-electron chi connectivity index (χ4n) is 2.41. The Morgan fingerprint density at radius 2 is 1.47 bits per heavy atom. The van der Waals surface area contributed by atoms with E-state index in [2.05, 4.69) is 21.5 Å². The maximum absolute atomic E-state index is 12.3. The van der Waals surface area contributed by atoms with Gasteiger partial charge in [-0.25, -0.2) is 0 Å². The van der Waals surface area contributed by atoms with Crippen molar-refractivity contribution in [2.75, 3.05) is 25.1 Å². The van der Waals surface area contributed by atoms with Crippen molar-refractivity contribution in [3.63, 3.8) is 0 Å². The normalized spacial score (nSPS) is 10.1. The molecule has 0 aliphatic rings. The van der Waals surface area contributed by atoms with Crippen molar-refractivity contribution in [1.29, 1.82) is 0 Å². The minimum absolute atomic E-state index is 0.0628. The molecule has 0 heterocycles. The lowest BCUT2D eigenvalue weighted by molar-refractivity contribution is -0.115. The van der Waals surface area contributed by atoms with E-state index in [0.717, 1.165) is 0 Å². The lowest BCUT2D eigenvalue weighted by Crippen LogP contribution is -2.48. The molecule has 0 unspecified atom stereocenters. The summed E-state index contributed by atoms with van der Waals surface area (Å²) in [5.41, 5.74) is 6.20. The van der Waals surface area contributed by atoms with Crippen LogP contribution in [-0.4, -0.2) is 42.7 Å². The first kappa shape index (κ1) is 24.8. The molecule has 0 aliphatic heterocycles. The van der Waals surface area contributed by atoms with Gasteiger partial charge >= 0.3 is 0 Å². The summed E-state index contributed by atoms with van der Waals surface area (Å²) in [6.45, 7) is 5.19. The van der Waals surface area contributed by atoms with Gasteiger partial charge in [-0.2, -0.15) is 0 Å². The first-order chi connectivity index (χ1) is 15.4. The summed E-state index contributed by atoms with van der Waals surface area (Å²) >= 11 is 5.04. The second kappa shape index (κ2) is 13.0.